The number of nitrogens with zero attached hydrogens (tertiary/aromatic N) is 1. The van der Waals surface area contributed by atoms with Gasteiger partial charge in [0, 0.05) is 18.8 Å². The molecule has 0 saturated carbocycles. The maximum absolute atomic E-state index is 5.85. The second kappa shape index (κ2) is 7.79. The summed E-state index contributed by atoms with van der Waals surface area (Å²) in [7, 11) is 0. The van der Waals surface area contributed by atoms with E-state index in [1.54, 1.807) is 6.20 Å². The maximum Gasteiger partial charge on any atom is 0.219 e. The van der Waals surface area contributed by atoms with E-state index in [1.807, 2.05) is 24.3 Å². The first-order valence-corrected chi connectivity index (χ1v) is 7.60. The fourth-order valence-electron chi connectivity index (χ4n) is 2.07. The Morgan fingerprint density at radius 3 is 2.76 bits per heavy atom. The van der Waals surface area contributed by atoms with Crippen LogP contribution in [-0.4, -0.2) is 11.5 Å². The highest BCUT2D eigenvalue weighted by Gasteiger charge is 2.02. The molecule has 0 bridgehead atoms. The minimum Gasteiger partial charge on any atom is -0.439 e. The van der Waals surface area contributed by atoms with Gasteiger partial charge in [-0.05, 0) is 48.2 Å². The number of nitrogens with one attached hydrogen (secondary N) is 1. The monoisotopic (exact) mass is 284 g/mol. The van der Waals surface area contributed by atoms with E-state index in [0.29, 0.717) is 11.8 Å². The van der Waals surface area contributed by atoms with Crippen LogP contribution in [-0.2, 0) is 13.0 Å². The SMILES string of the molecule is CCc1cccc(Oc2cc(CNCC(C)C)ccn2)c1. The minimum atomic E-state index is 0.645. The number of pyridine rings is 1. The van der Waals surface area contributed by atoms with Gasteiger partial charge in [0.2, 0.25) is 5.88 Å². The summed E-state index contributed by atoms with van der Waals surface area (Å²) >= 11 is 0. The molecule has 0 radical (unpaired) electrons. The molecule has 0 fully saturated rings. The van der Waals surface area contributed by atoms with Crippen LogP contribution in [0.3, 0.4) is 0 Å². The maximum atomic E-state index is 5.85. The van der Waals surface area contributed by atoms with Gasteiger partial charge in [-0.3, -0.25) is 0 Å². The Kier molecular flexibility index (Phi) is 5.76. The molecule has 0 saturated heterocycles. The van der Waals surface area contributed by atoms with E-state index in [4.69, 9.17) is 4.74 Å². The van der Waals surface area contributed by atoms with Crippen molar-refractivity contribution in [2.45, 2.75) is 33.7 Å². The van der Waals surface area contributed by atoms with Crippen LogP contribution in [0.15, 0.2) is 42.6 Å². The number of benzene rings is 1. The van der Waals surface area contributed by atoms with Gasteiger partial charge >= 0.3 is 0 Å². The molecule has 0 unspecified atom stereocenters. The van der Waals surface area contributed by atoms with Crippen LogP contribution in [0.25, 0.3) is 0 Å². The Bertz CT molecular complexity index is 567. The highest BCUT2D eigenvalue weighted by molar-refractivity contribution is 5.32. The molecular weight excluding hydrogens is 260 g/mol. The van der Waals surface area contributed by atoms with Crippen molar-refractivity contribution in [1.29, 1.82) is 0 Å². The Labute approximate surface area is 127 Å². The molecule has 21 heavy (non-hydrogen) atoms. The standard InChI is InChI=1S/C18H24N2O/c1-4-15-6-5-7-17(10-15)21-18-11-16(8-9-20-18)13-19-12-14(2)3/h5-11,14,19H,4,12-13H2,1-3H3. The molecule has 3 nitrogen and oxygen atoms in total. The number of hydrogen-bond acceptors (Lipinski definition) is 3. The highest BCUT2D eigenvalue weighted by atomic mass is 16.5. The van der Waals surface area contributed by atoms with Crippen LogP contribution in [0.1, 0.15) is 31.9 Å². The smallest absolute Gasteiger partial charge is 0.219 e. The summed E-state index contributed by atoms with van der Waals surface area (Å²) in [6, 6.07) is 12.2. The first-order valence-electron chi connectivity index (χ1n) is 7.60. The van der Waals surface area contributed by atoms with Crippen LogP contribution < -0.4 is 10.1 Å². The predicted octanol–water partition coefficient (Wildman–Crippen LogP) is 4.18. The quantitative estimate of drug-likeness (QED) is 0.828. The second-order valence-corrected chi connectivity index (χ2v) is 5.63. The summed E-state index contributed by atoms with van der Waals surface area (Å²) in [6.07, 6.45) is 2.80. The molecule has 0 amide bonds. The molecule has 0 aliphatic heterocycles. The third-order valence-electron chi connectivity index (χ3n) is 3.21. The van der Waals surface area contributed by atoms with Gasteiger partial charge in [0.05, 0.1) is 0 Å². The van der Waals surface area contributed by atoms with E-state index in [1.165, 1.54) is 11.1 Å². The van der Waals surface area contributed by atoms with Crippen LogP contribution in [0.2, 0.25) is 0 Å². The lowest BCUT2D eigenvalue weighted by Gasteiger charge is -2.09. The van der Waals surface area contributed by atoms with E-state index in [0.717, 1.165) is 25.3 Å². The second-order valence-electron chi connectivity index (χ2n) is 5.63. The summed E-state index contributed by atoms with van der Waals surface area (Å²) in [5, 5.41) is 3.43. The normalized spacial score (nSPS) is 10.9. The number of ether oxygens (including phenoxy) is 1. The molecule has 1 aromatic carbocycles. The molecule has 0 atom stereocenters. The van der Waals surface area contributed by atoms with Gasteiger partial charge in [-0.15, -0.1) is 0 Å². The number of hydrogen-bond donors (Lipinski definition) is 1. The summed E-state index contributed by atoms with van der Waals surface area (Å²) in [5.41, 5.74) is 2.45. The first kappa shape index (κ1) is 15.5. The average molecular weight is 284 g/mol. The lowest BCUT2D eigenvalue weighted by molar-refractivity contribution is 0.460. The first-order chi connectivity index (χ1) is 10.2. The third-order valence-corrected chi connectivity index (χ3v) is 3.21. The Morgan fingerprint density at radius 2 is 2.00 bits per heavy atom. The number of aromatic nitrogens is 1. The molecular formula is C18H24N2O. The van der Waals surface area contributed by atoms with Crippen LogP contribution in [0.4, 0.5) is 0 Å². The molecule has 2 rings (SSSR count). The van der Waals surface area contributed by atoms with E-state index < -0.39 is 0 Å². The number of rotatable bonds is 7. The van der Waals surface area contributed by atoms with Crippen LogP contribution in [0, 0.1) is 5.92 Å². The summed E-state index contributed by atoms with van der Waals surface area (Å²) < 4.78 is 5.85. The van der Waals surface area contributed by atoms with Gasteiger partial charge in [0.15, 0.2) is 0 Å². The Hall–Kier alpha value is -1.87. The molecule has 3 heteroatoms. The largest absolute Gasteiger partial charge is 0.439 e. The van der Waals surface area contributed by atoms with Gasteiger partial charge in [0.1, 0.15) is 5.75 Å². The summed E-state index contributed by atoms with van der Waals surface area (Å²) in [5.74, 6) is 2.14. The molecule has 2 aromatic rings. The topological polar surface area (TPSA) is 34.1 Å². The fraction of sp³-hybridized carbons (Fsp3) is 0.389. The lowest BCUT2D eigenvalue weighted by Crippen LogP contribution is -2.18. The van der Waals surface area contributed by atoms with Gasteiger partial charge in [-0.1, -0.05) is 32.9 Å². The van der Waals surface area contributed by atoms with Crippen molar-refractivity contribution in [3.63, 3.8) is 0 Å². The zero-order valence-corrected chi connectivity index (χ0v) is 13.1. The molecule has 0 aliphatic rings. The van der Waals surface area contributed by atoms with Crippen molar-refractivity contribution in [1.82, 2.24) is 10.3 Å². The minimum absolute atomic E-state index is 0.645. The van der Waals surface area contributed by atoms with Crippen LogP contribution >= 0.6 is 0 Å². The molecule has 112 valence electrons. The zero-order chi connectivity index (χ0) is 15.1. The van der Waals surface area contributed by atoms with E-state index in [2.05, 4.69) is 43.2 Å². The predicted molar refractivity (Wildman–Crippen MR) is 86.7 cm³/mol. The fourth-order valence-corrected chi connectivity index (χ4v) is 2.07. The average Bonchev–Trinajstić information content (AvgIpc) is 2.47. The highest BCUT2D eigenvalue weighted by Crippen LogP contribution is 2.21. The molecule has 1 N–H and O–H groups in total. The van der Waals surface area contributed by atoms with Crippen LogP contribution in [0.5, 0.6) is 11.6 Å². The van der Waals surface area contributed by atoms with E-state index >= 15 is 0 Å². The van der Waals surface area contributed by atoms with Gasteiger partial charge in [0.25, 0.3) is 0 Å². The Morgan fingerprint density at radius 1 is 1.14 bits per heavy atom. The molecule has 1 heterocycles. The lowest BCUT2D eigenvalue weighted by atomic mass is 10.2. The third kappa shape index (κ3) is 5.20. The molecule has 1 aromatic heterocycles. The van der Waals surface area contributed by atoms with Gasteiger partial charge < -0.3 is 10.1 Å². The van der Waals surface area contributed by atoms with Gasteiger partial charge in [-0.2, -0.15) is 0 Å². The van der Waals surface area contributed by atoms with Crippen molar-refractivity contribution in [3.8, 4) is 11.6 Å². The van der Waals surface area contributed by atoms with Crippen molar-refractivity contribution in [2.24, 2.45) is 5.92 Å². The van der Waals surface area contributed by atoms with E-state index in [-0.39, 0.29) is 0 Å². The van der Waals surface area contributed by atoms with Crippen molar-refractivity contribution < 1.29 is 4.74 Å². The molecule has 0 aliphatic carbocycles. The van der Waals surface area contributed by atoms with Crippen molar-refractivity contribution >= 4 is 0 Å². The zero-order valence-electron chi connectivity index (χ0n) is 13.1. The summed E-state index contributed by atoms with van der Waals surface area (Å²) in [4.78, 5) is 4.28. The Balaban J connectivity index is 1.99. The summed E-state index contributed by atoms with van der Waals surface area (Å²) in [6.45, 7) is 8.39. The van der Waals surface area contributed by atoms with Crippen molar-refractivity contribution in [2.75, 3.05) is 6.54 Å². The van der Waals surface area contributed by atoms with Crippen molar-refractivity contribution in [3.05, 3.63) is 53.7 Å². The molecule has 0 spiro atoms. The van der Waals surface area contributed by atoms with Gasteiger partial charge in [-0.25, -0.2) is 4.98 Å². The van der Waals surface area contributed by atoms with E-state index in [9.17, 15) is 0 Å². The number of aryl methyl sites for hydroxylation is 1.